The Morgan fingerprint density at radius 1 is 0.698 bits per heavy atom. The molecule has 8 heteroatoms. The number of hydrogen-bond donors (Lipinski definition) is 2. The molecule has 0 radical (unpaired) electrons. The van der Waals surface area contributed by atoms with Gasteiger partial charge in [-0.1, -0.05) is 97.1 Å². The predicted molar refractivity (Wildman–Crippen MR) is 162 cm³/mol. The molecule has 2 aliphatic carbocycles. The van der Waals surface area contributed by atoms with E-state index in [1.54, 1.807) is 0 Å². The molecular formula is C35H32N2O6. The van der Waals surface area contributed by atoms with Gasteiger partial charge in [-0.2, -0.15) is 0 Å². The van der Waals surface area contributed by atoms with Crippen molar-refractivity contribution >= 4 is 18.2 Å². The number of carbonyl (C=O) groups is 3. The highest BCUT2D eigenvalue weighted by molar-refractivity contribution is 5.81. The first-order valence-electron chi connectivity index (χ1n) is 14.5. The fourth-order valence-corrected chi connectivity index (χ4v) is 6.08. The molecule has 2 amide bonds. The van der Waals surface area contributed by atoms with Crippen LogP contribution in [0, 0.1) is 0 Å². The summed E-state index contributed by atoms with van der Waals surface area (Å²) in [5.41, 5.74) is 8.37. The number of carboxylic acids is 1. The maximum Gasteiger partial charge on any atom is 0.411 e. The van der Waals surface area contributed by atoms with Crippen LogP contribution >= 0.6 is 0 Å². The van der Waals surface area contributed by atoms with Crippen molar-refractivity contribution < 1.29 is 29.0 Å². The van der Waals surface area contributed by atoms with Gasteiger partial charge in [-0.25, -0.2) is 9.59 Å². The predicted octanol–water partition coefficient (Wildman–Crippen LogP) is 6.60. The van der Waals surface area contributed by atoms with E-state index in [0.29, 0.717) is 19.4 Å². The van der Waals surface area contributed by atoms with E-state index in [1.807, 2.05) is 72.8 Å². The number of ether oxygens (including phenoxy) is 2. The minimum Gasteiger partial charge on any atom is -0.480 e. The lowest BCUT2D eigenvalue weighted by Gasteiger charge is -2.23. The summed E-state index contributed by atoms with van der Waals surface area (Å²) in [5, 5.41) is 12.2. The fourth-order valence-electron chi connectivity index (χ4n) is 6.08. The minimum atomic E-state index is -1.12. The zero-order valence-corrected chi connectivity index (χ0v) is 23.6. The third kappa shape index (κ3) is 5.81. The number of carboxylic acid groups (broad SMARTS) is 1. The van der Waals surface area contributed by atoms with E-state index in [1.165, 1.54) is 4.90 Å². The van der Waals surface area contributed by atoms with Crippen LogP contribution in [0.1, 0.15) is 47.1 Å². The van der Waals surface area contributed by atoms with Gasteiger partial charge in [0.25, 0.3) is 0 Å². The number of nitrogens with zero attached hydrogens (tertiary/aromatic N) is 1. The van der Waals surface area contributed by atoms with Crippen molar-refractivity contribution in [3.05, 3.63) is 119 Å². The van der Waals surface area contributed by atoms with Crippen LogP contribution in [0.5, 0.6) is 0 Å². The Morgan fingerprint density at radius 2 is 1.19 bits per heavy atom. The summed E-state index contributed by atoms with van der Waals surface area (Å²) in [7, 11) is 0. The molecule has 0 saturated carbocycles. The molecule has 218 valence electrons. The Hall–Kier alpha value is -5.11. The number of benzene rings is 4. The first-order valence-corrected chi connectivity index (χ1v) is 14.5. The lowest BCUT2D eigenvalue weighted by atomic mass is 9.98. The van der Waals surface area contributed by atoms with Crippen LogP contribution in [0.3, 0.4) is 0 Å². The number of alkyl carbamates (subject to hydrolysis) is 1. The van der Waals surface area contributed by atoms with E-state index >= 15 is 0 Å². The van der Waals surface area contributed by atoms with Gasteiger partial charge in [0.1, 0.15) is 13.2 Å². The van der Waals surface area contributed by atoms with Gasteiger partial charge >= 0.3 is 18.2 Å². The topological polar surface area (TPSA) is 105 Å². The van der Waals surface area contributed by atoms with Crippen LogP contribution in [0.15, 0.2) is 97.1 Å². The quantitative estimate of drug-likeness (QED) is 0.206. The summed E-state index contributed by atoms with van der Waals surface area (Å²) in [6.07, 6.45) is -0.802. The average Bonchev–Trinajstić information content (AvgIpc) is 3.52. The van der Waals surface area contributed by atoms with Crippen molar-refractivity contribution in [2.75, 3.05) is 26.2 Å². The van der Waals surface area contributed by atoms with E-state index in [4.69, 9.17) is 9.47 Å². The van der Waals surface area contributed by atoms with E-state index < -0.39 is 30.8 Å². The second-order valence-corrected chi connectivity index (χ2v) is 10.7. The molecule has 2 aliphatic rings. The Morgan fingerprint density at radius 3 is 1.72 bits per heavy atom. The zero-order chi connectivity index (χ0) is 29.8. The molecule has 0 unspecified atom stereocenters. The summed E-state index contributed by atoms with van der Waals surface area (Å²) >= 11 is 0. The SMILES string of the molecule is O=C(O)CN(CCCCNC(=O)OCC1c2ccccc2-c2ccccc21)C(=O)OC1c2ccccc2-c2ccccc21. The molecule has 4 aromatic rings. The molecular weight excluding hydrogens is 544 g/mol. The van der Waals surface area contributed by atoms with Gasteiger partial charge in [-0.05, 0) is 46.2 Å². The number of amides is 2. The van der Waals surface area contributed by atoms with Crippen LogP contribution in [0.4, 0.5) is 9.59 Å². The van der Waals surface area contributed by atoms with Crippen molar-refractivity contribution in [1.29, 1.82) is 0 Å². The average molecular weight is 577 g/mol. The Balaban J connectivity index is 0.990. The summed E-state index contributed by atoms with van der Waals surface area (Å²) in [4.78, 5) is 38.4. The minimum absolute atomic E-state index is 0.0208. The molecule has 0 atom stereocenters. The van der Waals surface area contributed by atoms with Crippen LogP contribution < -0.4 is 5.32 Å². The molecule has 0 fully saturated rings. The van der Waals surface area contributed by atoms with Crippen molar-refractivity contribution in [2.24, 2.45) is 0 Å². The molecule has 0 saturated heterocycles. The monoisotopic (exact) mass is 576 g/mol. The van der Waals surface area contributed by atoms with Gasteiger partial charge in [0.15, 0.2) is 6.10 Å². The Bertz CT molecular complexity index is 1580. The summed E-state index contributed by atoms with van der Waals surface area (Å²) in [6, 6.07) is 31.8. The highest BCUT2D eigenvalue weighted by Crippen LogP contribution is 2.46. The Labute approximate surface area is 249 Å². The number of rotatable bonds is 10. The molecule has 43 heavy (non-hydrogen) atoms. The number of fused-ring (bicyclic) bond motifs is 6. The zero-order valence-electron chi connectivity index (χ0n) is 23.6. The van der Waals surface area contributed by atoms with E-state index in [2.05, 4.69) is 29.6 Å². The maximum atomic E-state index is 13.2. The Kier molecular flexibility index (Phi) is 8.09. The fraction of sp³-hybridized carbons (Fsp3) is 0.229. The number of unbranched alkanes of at least 4 members (excludes halogenated alkanes) is 1. The first-order chi connectivity index (χ1) is 21.0. The number of nitrogens with one attached hydrogen (secondary N) is 1. The molecule has 2 N–H and O–H groups in total. The van der Waals surface area contributed by atoms with Crippen molar-refractivity contribution in [2.45, 2.75) is 24.9 Å². The van der Waals surface area contributed by atoms with Gasteiger partial charge in [0.2, 0.25) is 0 Å². The second-order valence-electron chi connectivity index (χ2n) is 10.7. The van der Waals surface area contributed by atoms with Gasteiger partial charge < -0.3 is 19.9 Å². The number of hydrogen-bond acceptors (Lipinski definition) is 5. The van der Waals surface area contributed by atoms with Crippen LogP contribution in [0.25, 0.3) is 22.3 Å². The molecule has 4 aromatic carbocycles. The van der Waals surface area contributed by atoms with Crippen LogP contribution in [-0.4, -0.2) is 54.4 Å². The van der Waals surface area contributed by atoms with Gasteiger partial charge in [-0.3, -0.25) is 9.69 Å². The molecule has 0 spiro atoms. The largest absolute Gasteiger partial charge is 0.480 e. The third-order valence-corrected chi connectivity index (χ3v) is 8.05. The maximum absolute atomic E-state index is 13.2. The van der Waals surface area contributed by atoms with Crippen molar-refractivity contribution in [3.63, 3.8) is 0 Å². The van der Waals surface area contributed by atoms with Crippen LogP contribution in [-0.2, 0) is 14.3 Å². The number of aliphatic carboxylic acids is 1. The van der Waals surface area contributed by atoms with Crippen LogP contribution in [0.2, 0.25) is 0 Å². The van der Waals surface area contributed by atoms with Gasteiger partial charge in [0, 0.05) is 30.1 Å². The summed E-state index contributed by atoms with van der Waals surface area (Å²) in [5.74, 6) is -1.14. The van der Waals surface area contributed by atoms with E-state index in [9.17, 15) is 19.5 Å². The second kappa shape index (κ2) is 12.4. The lowest BCUT2D eigenvalue weighted by Crippen LogP contribution is -2.37. The lowest BCUT2D eigenvalue weighted by molar-refractivity contribution is -0.138. The molecule has 0 heterocycles. The first kappa shape index (κ1) is 28.0. The molecule has 0 bridgehead atoms. The van der Waals surface area contributed by atoms with Crippen molar-refractivity contribution in [3.8, 4) is 22.3 Å². The normalized spacial score (nSPS) is 12.9. The van der Waals surface area contributed by atoms with E-state index in [-0.39, 0.29) is 19.1 Å². The molecule has 0 aromatic heterocycles. The molecule has 0 aliphatic heterocycles. The molecule has 6 rings (SSSR count). The van der Waals surface area contributed by atoms with Gasteiger partial charge in [0.05, 0.1) is 0 Å². The molecule has 8 nitrogen and oxygen atoms in total. The smallest absolute Gasteiger partial charge is 0.411 e. The van der Waals surface area contributed by atoms with Gasteiger partial charge in [-0.15, -0.1) is 0 Å². The van der Waals surface area contributed by atoms with Crippen molar-refractivity contribution in [1.82, 2.24) is 10.2 Å². The highest BCUT2D eigenvalue weighted by Gasteiger charge is 2.33. The number of carbonyl (C=O) groups excluding carboxylic acids is 2. The summed E-state index contributed by atoms with van der Waals surface area (Å²) in [6.45, 7) is 0.254. The standard InChI is InChI=1S/C35H32N2O6/c38-32(39)21-37(35(41)43-33-29-17-7-5-13-25(29)26-14-6-8-18-30(26)33)20-10-9-19-36-34(40)42-22-31-27-15-3-1-11-23(27)24-12-2-4-16-28(24)31/h1-8,11-18,31,33H,9-10,19-22H2,(H,36,40)(H,38,39). The third-order valence-electron chi connectivity index (χ3n) is 8.05. The highest BCUT2D eigenvalue weighted by atomic mass is 16.6. The van der Waals surface area contributed by atoms with E-state index in [0.717, 1.165) is 44.5 Å². The summed E-state index contributed by atoms with van der Waals surface area (Å²) < 4.78 is 11.5.